The summed E-state index contributed by atoms with van der Waals surface area (Å²) in [6.07, 6.45) is 7.68. The molecule has 201 valence electrons. The summed E-state index contributed by atoms with van der Waals surface area (Å²) >= 11 is 0. The van der Waals surface area contributed by atoms with Crippen molar-refractivity contribution in [2.75, 3.05) is 22.9 Å². The molecule has 0 bridgehead atoms. The Bertz CT molecular complexity index is 1060. The number of nitrogens with zero attached hydrogens (tertiary/aromatic N) is 2. The van der Waals surface area contributed by atoms with Crippen molar-refractivity contribution in [1.82, 2.24) is 0 Å². The molecule has 2 aliphatic rings. The van der Waals surface area contributed by atoms with Crippen molar-refractivity contribution in [2.24, 2.45) is 0 Å². The Morgan fingerprint density at radius 1 is 0.703 bits per heavy atom. The normalized spacial score (nSPS) is 15.2. The molecule has 6 heteroatoms. The van der Waals surface area contributed by atoms with Crippen LogP contribution in [0.15, 0.2) is 54.1 Å². The van der Waals surface area contributed by atoms with Gasteiger partial charge in [-0.15, -0.1) is 6.08 Å². The first kappa shape index (κ1) is 35.5. The van der Waals surface area contributed by atoms with Crippen molar-refractivity contribution in [3.63, 3.8) is 0 Å². The number of halogens is 2. The molecule has 1 radical (unpaired) electrons. The molecule has 0 spiro atoms. The molecule has 0 N–H and O–H groups in total. The van der Waals surface area contributed by atoms with E-state index in [9.17, 15) is 0 Å². The fourth-order valence-electron chi connectivity index (χ4n) is 4.93. The fraction of sp³-hybridized carbons (Fsp3) is 0.355. The molecule has 3 nitrogen and oxygen atoms in total. The largest absolute Gasteiger partial charge is 2.00 e. The maximum absolute atomic E-state index is 5.64. The van der Waals surface area contributed by atoms with Crippen molar-refractivity contribution < 1.29 is 57.9 Å². The number of aryl methyl sites for hydroxylation is 6. The van der Waals surface area contributed by atoms with Crippen LogP contribution >= 0.6 is 0 Å². The van der Waals surface area contributed by atoms with E-state index in [1.54, 1.807) is 0 Å². The maximum Gasteiger partial charge on any atom is 2.00 e. The number of carbonyl (C=O) groups excluding carboxylic acids is 1. The van der Waals surface area contributed by atoms with Crippen molar-refractivity contribution >= 4 is 17.2 Å². The van der Waals surface area contributed by atoms with Crippen LogP contribution in [0.1, 0.15) is 47.2 Å². The molecule has 2 aromatic rings. The van der Waals surface area contributed by atoms with Crippen molar-refractivity contribution in [1.29, 1.82) is 0 Å². The minimum atomic E-state index is 0. The van der Waals surface area contributed by atoms with E-state index in [-0.39, 0.29) is 59.5 Å². The Morgan fingerprint density at radius 3 is 1.43 bits per heavy atom. The van der Waals surface area contributed by atoms with E-state index in [1.165, 1.54) is 44.8 Å². The van der Waals surface area contributed by atoms with Gasteiger partial charge >= 0.3 is 19.5 Å². The molecular weight excluding hydrogens is 677 g/mol. The predicted octanol–water partition coefficient (Wildman–Crippen LogP) is 0.974. The minimum absolute atomic E-state index is 0. The maximum atomic E-state index is 5.64. The van der Waals surface area contributed by atoms with Crippen LogP contribution < -0.4 is 43.8 Å². The molecule has 37 heavy (non-hydrogen) atoms. The topological polar surface area (TPSA) is 17.8 Å². The zero-order chi connectivity index (χ0) is 25.0. The van der Waals surface area contributed by atoms with Gasteiger partial charge in [0.1, 0.15) is 6.67 Å². The number of anilines is 2. The summed E-state index contributed by atoms with van der Waals surface area (Å²) in [4.78, 5) is 4.81. The first-order chi connectivity index (χ1) is 16.1. The van der Waals surface area contributed by atoms with Crippen LogP contribution in [0.2, 0.25) is 0 Å². The summed E-state index contributed by atoms with van der Waals surface area (Å²) < 4.78 is 5.42. The summed E-state index contributed by atoms with van der Waals surface area (Å²) in [7, 11) is 0. The molecule has 1 aliphatic carbocycles. The van der Waals surface area contributed by atoms with E-state index < -0.39 is 0 Å². The number of allylic oxidation sites excluding steroid dienone is 5. The quantitative estimate of drug-likeness (QED) is 0.204. The van der Waals surface area contributed by atoms with Crippen molar-refractivity contribution in [3.05, 3.63) is 101 Å². The Balaban J connectivity index is 0.000000795. The molecule has 0 amide bonds. The van der Waals surface area contributed by atoms with Crippen LogP contribution in [0.3, 0.4) is 0 Å². The van der Waals surface area contributed by atoms with Crippen LogP contribution in [0.5, 0.6) is 0 Å². The summed E-state index contributed by atoms with van der Waals surface area (Å²) in [6, 6.07) is 9.12. The zero-order valence-corrected chi connectivity index (χ0v) is 28.1. The third-order valence-electron chi connectivity index (χ3n) is 5.99. The van der Waals surface area contributed by atoms with E-state index >= 15 is 0 Å². The van der Waals surface area contributed by atoms with E-state index in [1.807, 2.05) is 38.2 Å². The van der Waals surface area contributed by atoms with E-state index in [2.05, 4.69) is 82.3 Å². The van der Waals surface area contributed by atoms with Gasteiger partial charge in [0.2, 0.25) is 5.78 Å². The molecule has 1 saturated heterocycles. The second-order valence-corrected chi connectivity index (χ2v) is 9.70. The van der Waals surface area contributed by atoms with Gasteiger partial charge in [0.05, 0.1) is 0 Å². The SMILES string of the molecule is Cc1cc(C)c(N2[CH]N(c3c(C)cc(C)cc3C)CC2)c(C)c1.[Br-].[Br-].[CH-]=C1C=CC=CC1=[O+]C(C)C.[Ru+2]. The standard InChI is InChI=1S/C21H27N2.C10H12O.2BrH.Ru/c1-14-9-16(3)20(17(4)10-14)22-7-8-23(13-22)21-18(5)11-15(2)12-19(21)6;1-8(2)11-10-7-5-4-6-9(10)3;;;/h9-13H,7-8H2,1-6H3;3-8H,1-2H3;2*1H;/q;;;;+2/p-2. The van der Waals surface area contributed by atoms with Gasteiger partial charge < -0.3 is 48.2 Å². The molecule has 4 rings (SSSR count). The van der Waals surface area contributed by atoms with Gasteiger partial charge in [0, 0.05) is 38.3 Å². The third-order valence-corrected chi connectivity index (χ3v) is 5.99. The fourth-order valence-corrected chi connectivity index (χ4v) is 4.93. The number of ketones is 1. The molecule has 1 fully saturated rings. The van der Waals surface area contributed by atoms with Crippen molar-refractivity contribution in [2.45, 2.75) is 61.5 Å². The van der Waals surface area contributed by atoms with Crippen LogP contribution in [-0.2, 0) is 23.9 Å². The van der Waals surface area contributed by atoms with Gasteiger partial charge in [-0.1, -0.05) is 47.0 Å². The van der Waals surface area contributed by atoms with Gasteiger partial charge in [-0.05, 0) is 69.9 Å². The third kappa shape index (κ3) is 9.34. The second kappa shape index (κ2) is 15.8. The van der Waals surface area contributed by atoms with Crippen molar-refractivity contribution in [3.8, 4) is 0 Å². The van der Waals surface area contributed by atoms with Gasteiger partial charge in [0.15, 0.2) is 0 Å². The number of rotatable bonds is 3. The van der Waals surface area contributed by atoms with E-state index in [0.29, 0.717) is 5.57 Å². The van der Waals surface area contributed by atoms with Gasteiger partial charge in [-0.2, -0.15) is 6.08 Å². The van der Waals surface area contributed by atoms with E-state index in [0.717, 1.165) is 18.9 Å². The summed E-state index contributed by atoms with van der Waals surface area (Å²) in [5.41, 5.74) is 11.5. The first-order valence-electron chi connectivity index (χ1n) is 12.1. The first-order valence-corrected chi connectivity index (χ1v) is 12.1. The molecule has 0 unspecified atom stereocenters. The Morgan fingerprint density at radius 2 is 1.08 bits per heavy atom. The number of hydrogen-bond donors (Lipinski definition) is 0. The minimum Gasteiger partial charge on any atom is -1.00 e. The second-order valence-electron chi connectivity index (χ2n) is 9.70. The number of benzene rings is 2. The average Bonchev–Trinajstić information content (AvgIpc) is 3.17. The van der Waals surface area contributed by atoms with Gasteiger partial charge in [-0.25, -0.2) is 6.58 Å². The average molecular weight is 717 g/mol. The predicted molar refractivity (Wildman–Crippen MR) is 147 cm³/mol. The van der Waals surface area contributed by atoms with Gasteiger partial charge in [0.25, 0.3) is 6.10 Å². The van der Waals surface area contributed by atoms with Crippen LogP contribution in [0.4, 0.5) is 11.4 Å². The zero-order valence-electron chi connectivity index (χ0n) is 23.2. The molecular formula is C31H39Br2N2ORu. The molecule has 0 atom stereocenters. The smallest absolute Gasteiger partial charge is 1.00 e. The summed E-state index contributed by atoms with van der Waals surface area (Å²) in [5.74, 6) is 0.766. The summed E-state index contributed by atoms with van der Waals surface area (Å²) in [6.45, 7) is 27.2. The molecule has 1 aliphatic heterocycles. The summed E-state index contributed by atoms with van der Waals surface area (Å²) in [5, 5.41) is 0. The monoisotopic (exact) mass is 715 g/mol. The molecule has 0 aromatic heterocycles. The van der Waals surface area contributed by atoms with E-state index in [4.69, 9.17) is 11.0 Å². The van der Waals surface area contributed by atoms with Gasteiger partial charge in [-0.3, -0.25) is 0 Å². The molecule has 1 heterocycles. The Kier molecular flexibility index (Phi) is 15.2. The number of hydrogen-bond acceptors (Lipinski definition) is 2. The van der Waals surface area contributed by atoms with Crippen LogP contribution in [0, 0.1) is 54.8 Å². The van der Waals surface area contributed by atoms with Crippen LogP contribution in [0.25, 0.3) is 0 Å². The Labute approximate surface area is 258 Å². The van der Waals surface area contributed by atoms with Crippen LogP contribution in [-0.4, -0.2) is 25.0 Å². The Hall–Kier alpha value is -1.49. The molecule has 0 saturated carbocycles. The molecule has 2 aromatic carbocycles.